The molecule has 1 aromatic carbocycles. The van der Waals surface area contributed by atoms with Gasteiger partial charge in [-0.3, -0.25) is 4.98 Å². The predicted molar refractivity (Wildman–Crippen MR) is 141 cm³/mol. The number of anilines is 1. The van der Waals surface area contributed by atoms with Gasteiger partial charge in [0.25, 0.3) is 0 Å². The first kappa shape index (κ1) is 23.7. The molecule has 0 radical (unpaired) electrons. The van der Waals surface area contributed by atoms with Gasteiger partial charge in [0.2, 0.25) is 0 Å². The van der Waals surface area contributed by atoms with Crippen LogP contribution in [0.1, 0.15) is 28.1 Å². The molecule has 0 fully saturated rings. The Labute approximate surface area is 208 Å². The summed E-state index contributed by atoms with van der Waals surface area (Å²) in [7, 11) is 1.89. The number of hydrogen-bond donors (Lipinski definition) is 2. The third-order valence-corrected chi connectivity index (χ3v) is 6.53. The van der Waals surface area contributed by atoms with Crippen molar-refractivity contribution in [2.45, 2.75) is 27.0 Å². The number of fused-ring (bicyclic) bond motifs is 1. The lowest BCUT2D eigenvalue weighted by Gasteiger charge is -2.16. The molecule has 0 aliphatic heterocycles. The van der Waals surface area contributed by atoms with Gasteiger partial charge < -0.3 is 15.4 Å². The van der Waals surface area contributed by atoms with Crippen LogP contribution in [0.2, 0.25) is 5.02 Å². The topological polar surface area (TPSA) is 72.0 Å². The fourth-order valence-corrected chi connectivity index (χ4v) is 4.61. The summed E-state index contributed by atoms with van der Waals surface area (Å²) < 4.78 is 6.29. The van der Waals surface area contributed by atoms with Crippen molar-refractivity contribution in [3.8, 4) is 5.75 Å². The van der Waals surface area contributed by atoms with Gasteiger partial charge in [0, 0.05) is 59.3 Å². The van der Waals surface area contributed by atoms with E-state index in [1.54, 1.807) is 29.8 Å². The molecule has 0 atom stereocenters. The highest BCUT2D eigenvalue weighted by Crippen LogP contribution is 2.31. The van der Waals surface area contributed by atoms with Crippen molar-refractivity contribution >= 4 is 44.7 Å². The summed E-state index contributed by atoms with van der Waals surface area (Å²) in [5, 5.41) is 11.0. The zero-order valence-electron chi connectivity index (χ0n) is 19.4. The van der Waals surface area contributed by atoms with Crippen LogP contribution in [0.3, 0.4) is 0 Å². The SMILES string of the molecule is C=C/C=C(\NC)c1cc(C)nc2c(OCc3c(Cl)cncc3CNc3nc(C)cs3)cccc12. The second-order valence-corrected chi connectivity index (χ2v) is 8.99. The van der Waals surface area contributed by atoms with Crippen molar-refractivity contribution in [2.75, 3.05) is 12.4 Å². The van der Waals surface area contributed by atoms with Crippen LogP contribution in [-0.4, -0.2) is 22.0 Å². The van der Waals surface area contributed by atoms with Gasteiger partial charge in [0.15, 0.2) is 5.13 Å². The third-order valence-electron chi connectivity index (χ3n) is 5.29. The van der Waals surface area contributed by atoms with Crippen molar-refractivity contribution in [1.82, 2.24) is 20.3 Å². The number of ether oxygens (including phenoxy) is 1. The lowest BCUT2D eigenvalue weighted by Crippen LogP contribution is -2.08. The highest BCUT2D eigenvalue weighted by molar-refractivity contribution is 7.13. The molecule has 0 unspecified atom stereocenters. The maximum Gasteiger partial charge on any atom is 0.183 e. The van der Waals surface area contributed by atoms with E-state index in [9.17, 15) is 0 Å². The number of halogens is 1. The second kappa shape index (κ2) is 10.7. The van der Waals surface area contributed by atoms with Crippen molar-refractivity contribution < 1.29 is 4.74 Å². The predicted octanol–water partition coefficient (Wildman–Crippen LogP) is 6.29. The van der Waals surface area contributed by atoms with Crippen LogP contribution in [0.4, 0.5) is 5.13 Å². The normalized spacial score (nSPS) is 11.5. The van der Waals surface area contributed by atoms with Crippen LogP contribution in [-0.2, 0) is 13.2 Å². The number of para-hydroxylation sites is 1. The molecule has 2 N–H and O–H groups in total. The number of aryl methyl sites for hydroxylation is 2. The van der Waals surface area contributed by atoms with E-state index in [1.807, 2.05) is 50.6 Å². The van der Waals surface area contributed by atoms with Crippen molar-refractivity contribution in [2.24, 2.45) is 0 Å². The molecule has 4 rings (SSSR count). The number of allylic oxidation sites excluding steroid dienone is 2. The molecule has 3 heterocycles. The molecule has 0 bridgehead atoms. The average Bonchev–Trinajstić information content (AvgIpc) is 3.25. The fraction of sp³-hybridized carbons (Fsp3) is 0.192. The quantitative estimate of drug-likeness (QED) is 0.268. The molecule has 34 heavy (non-hydrogen) atoms. The van der Waals surface area contributed by atoms with Gasteiger partial charge in [-0.25, -0.2) is 9.97 Å². The van der Waals surface area contributed by atoms with Crippen LogP contribution in [0.25, 0.3) is 16.6 Å². The number of nitrogens with zero attached hydrogens (tertiary/aromatic N) is 3. The molecule has 8 heteroatoms. The summed E-state index contributed by atoms with van der Waals surface area (Å²) in [6.07, 6.45) is 7.16. The van der Waals surface area contributed by atoms with Crippen LogP contribution in [0, 0.1) is 13.8 Å². The van der Waals surface area contributed by atoms with E-state index < -0.39 is 0 Å². The Kier molecular flexibility index (Phi) is 7.45. The van der Waals surface area contributed by atoms with E-state index in [2.05, 4.69) is 33.2 Å². The Bertz CT molecular complexity index is 1360. The first-order chi connectivity index (χ1) is 16.5. The molecule has 0 saturated heterocycles. The largest absolute Gasteiger partial charge is 0.487 e. The number of hydrogen-bond acceptors (Lipinski definition) is 7. The van der Waals surface area contributed by atoms with Crippen LogP contribution in [0.15, 0.2) is 60.8 Å². The second-order valence-electron chi connectivity index (χ2n) is 7.72. The summed E-state index contributed by atoms with van der Waals surface area (Å²) in [6, 6.07) is 8.01. The van der Waals surface area contributed by atoms with E-state index in [0.29, 0.717) is 23.9 Å². The minimum absolute atomic E-state index is 0.292. The molecule has 0 saturated carbocycles. The van der Waals surface area contributed by atoms with Gasteiger partial charge >= 0.3 is 0 Å². The van der Waals surface area contributed by atoms with E-state index >= 15 is 0 Å². The summed E-state index contributed by atoms with van der Waals surface area (Å²) in [5.41, 5.74) is 6.52. The smallest absolute Gasteiger partial charge is 0.183 e. The standard InChI is InChI=1S/C26H26ClN5OS/c1-5-7-23(28-4)20-10-16(2)31-25-19(20)8-6-9-24(25)33-14-21-18(11-29-13-22(21)27)12-30-26-32-17(3)15-34-26/h5-11,13,15,28H,1,12,14H2,2-4H3,(H,30,32)/b23-7-. The Morgan fingerprint density at radius 1 is 1.21 bits per heavy atom. The van der Waals surface area contributed by atoms with Gasteiger partial charge in [-0.1, -0.05) is 36.4 Å². The zero-order chi connectivity index (χ0) is 24.1. The van der Waals surface area contributed by atoms with Gasteiger partial charge in [0.05, 0.1) is 10.7 Å². The minimum Gasteiger partial charge on any atom is -0.487 e. The van der Waals surface area contributed by atoms with Crippen molar-refractivity contribution in [3.05, 3.63) is 93.9 Å². The minimum atomic E-state index is 0.292. The molecule has 0 aliphatic carbocycles. The number of nitrogens with one attached hydrogen (secondary N) is 2. The lowest BCUT2D eigenvalue weighted by molar-refractivity contribution is 0.308. The Balaban J connectivity index is 1.64. The number of rotatable bonds is 9. The fourth-order valence-electron chi connectivity index (χ4n) is 3.69. The Morgan fingerprint density at radius 3 is 2.79 bits per heavy atom. The molecular weight excluding hydrogens is 466 g/mol. The number of pyridine rings is 2. The maximum absolute atomic E-state index is 6.52. The monoisotopic (exact) mass is 491 g/mol. The number of thiazole rings is 1. The first-order valence-electron chi connectivity index (χ1n) is 10.8. The average molecular weight is 492 g/mol. The molecular formula is C26H26ClN5OS. The molecule has 0 amide bonds. The summed E-state index contributed by atoms with van der Waals surface area (Å²) in [6.45, 7) is 8.62. The molecule has 174 valence electrons. The van der Waals surface area contributed by atoms with E-state index in [1.165, 1.54) is 0 Å². The van der Waals surface area contributed by atoms with Gasteiger partial charge in [-0.05, 0) is 37.6 Å². The summed E-state index contributed by atoms with van der Waals surface area (Å²) in [5.74, 6) is 0.693. The van der Waals surface area contributed by atoms with E-state index in [4.69, 9.17) is 21.3 Å². The molecule has 4 aromatic rings. The van der Waals surface area contributed by atoms with Gasteiger partial charge in [-0.15, -0.1) is 11.3 Å². The highest BCUT2D eigenvalue weighted by Gasteiger charge is 2.14. The number of aromatic nitrogens is 3. The van der Waals surface area contributed by atoms with Crippen molar-refractivity contribution in [1.29, 1.82) is 0 Å². The molecule has 0 aliphatic rings. The Hall–Kier alpha value is -3.42. The summed E-state index contributed by atoms with van der Waals surface area (Å²) >= 11 is 8.09. The maximum atomic E-state index is 6.52. The van der Waals surface area contributed by atoms with Gasteiger partial charge in [-0.2, -0.15) is 0 Å². The Morgan fingerprint density at radius 2 is 2.06 bits per heavy atom. The highest BCUT2D eigenvalue weighted by atomic mass is 35.5. The number of benzene rings is 1. The van der Waals surface area contributed by atoms with Gasteiger partial charge in [0.1, 0.15) is 17.9 Å². The van der Waals surface area contributed by atoms with Crippen LogP contribution < -0.4 is 15.4 Å². The molecule has 0 spiro atoms. The molecule has 3 aromatic heterocycles. The zero-order valence-corrected chi connectivity index (χ0v) is 20.9. The van der Waals surface area contributed by atoms with Crippen LogP contribution >= 0.6 is 22.9 Å². The van der Waals surface area contributed by atoms with Crippen LogP contribution in [0.5, 0.6) is 5.75 Å². The summed E-state index contributed by atoms with van der Waals surface area (Å²) in [4.78, 5) is 13.5. The van der Waals surface area contributed by atoms with E-state index in [-0.39, 0.29) is 0 Å². The lowest BCUT2D eigenvalue weighted by atomic mass is 10.0. The molecule has 6 nitrogen and oxygen atoms in total. The van der Waals surface area contributed by atoms with E-state index in [0.717, 1.165) is 49.8 Å². The third kappa shape index (κ3) is 5.21. The first-order valence-corrected chi connectivity index (χ1v) is 12.1. The van der Waals surface area contributed by atoms with Crippen molar-refractivity contribution in [3.63, 3.8) is 0 Å².